The minimum atomic E-state index is -0.153. The second-order valence-corrected chi connectivity index (χ2v) is 7.35. The van der Waals surface area contributed by atoms with E-state index in [1.54, 1.807) is 0 Å². The summed E-state index contributed by atoms with van der Waals surface area (Å²) in [5, 5.41) is 8.52. The molecule has 1 spiro atoms. The van der Waals surface area contributed by atoms with Crippen molar-refractivity contribution in [1.82, 2.24) is 19.8 Å². The molecule has 0 saturated carbocycles. The Morgan fingerprint density at radius 2 is 2.15 bits per heavy atom. The minimum Gasteiger partial charge on any atom is -0.364 e. The van der Waals surface area contributed by atoms with Crippen molar-refractivity contribution in [2.45, 2.75) is 32.1 Å². The monoisotopic (exact) mass is 350 g/mol. The zero-order valence-corrected chi connectivity index (χ0v) is 15.1. The first-order chi connectivity index (χ1) is 12.6. The van der Waals surface area contributed by atoms with Gasteiger partial charge in [0.05, 0.1) is 19.3 Å². The maximum absolute atomic E-state index is 6.23. The van der Waals surface area contributed by atoms with E-state index in [1.165, 1.54) is 11.1 Å². The molecule has 1 unspecified atom stereocenters. The van der Waals surface area contributed by atoms with Crippen molar-refractivity contribution in [3.63, 3.8) is 0 Å². The van der Waals surface area contributed by atoms with Crippen LogP contribution in [0.15, 0.2) is 41.1 Å². The summed E-state index contributed by atoms with van der Waals surface area (Å²) in [6.45, 7) is 5.40. The number of aromatic nitrogens is 3. The van der Waals surface area contributed by atoms with E-state index in [1.807, 2.05) is 30.9 Å². The third-order valence-corrected chi connectivity index (χ3v) is 5.77. The lowest BCUT2D eigenvalue weighted by atomic mass is 9.92. The van der Waals surface area contributed by atoms with Gasteiger partial charge in [-0.3, -0.25) is 9.58 Å². The van der Waals surface area contributed by atoms with Gasteiger partial charge in [0.15, 0.2) is 5.76 Å². The molecule has 4 heterocycles. The van der Waals surface area contributed by atoms with Gasteiger partial charge in [-0.2, -0.15) is 5.10 Å². The van der Waals surface area contributed by atoms with E-state index < -0.39 is 0 Å². The third kappa shape index (κ3) is 2.40. The highest BCUT2D eigenvalue weighted by atomic mass is 16.5. The molecule has 0 aliphatic carbocycles. The molecular weight excluding hydrogens is 328 g/mol. The Morgan fingerprint density at radius 1 is 1.27 bits per heavy atom. The summed E-state index contributed by atoms with van der Waals surface area (Å²) in [6.07, 6.45) is 2.86. The van der Waals surface area contributed by atoms with E-state index in [0.717, 1.165) is 55.4 Å². The lowest BCUT2D eigenvalue weighted by Crippen LogP contribution is -2.30. The molecule has 0 amide bonds. The minimum absolute atomic E-state index is 0.153. The van der Waals surface area contributed by atoms with E-state index >= 15 is 0 Å². The van der Waals surface area contributed by atoms with Crippen LogP contribution >= 0.6 is 0 Å². The van der Waals surface area contributed by atoms with Crippen molar-refractivity contribution in [3.8, 4) is 11.3 Å². The Balaban J connectivity index is 1.32. The summed E-state index contributed by atoms with van der Waals surface area (Å²) in [5.74, 6) is 0.881. The van der Waals surface area contributed by atoms with Crippen molar-refractivity contribution in [2.75, 3.05) is 13.1 Å². The number of ether oxygens (including phenoxy) is 1. The van der Waals surface area contributed by atoms with Crippen LogP contribution in [0.4, 0.5) is 0 Å². The summed E-state index contributed by atoms with van der Waals surface area (Å²) in [4.78, 5) is 2.39. The van der Waals surface area contributed by atoms with Gasteiger partial charge in [0, 0.05) is 37.5 Å². The van der Waals surface area contributed by atoms with Gasteiger partial charge < -0.3 is 9.26 Å². The molecule has 0 bridgehead atoms. The van der Waals surface area contributed by atoms with Crippen LogP contribution in [0.1, 0.15) is 29.0 Å². The summed E-state index contributed by atoms with van der Waals surface area (Å²) in [6, 6.07) is 10.6. The summed E-state index contributed by atoms with van der Waals surface area (Å²) in [5.41, 5.74) is 5.48. The quantitative estimate of drug-likeness (QED) is 0.727. The molecule has 1 aromatic carbocycles. The SMILES string of the molecule is Cc1c(-c2cc(CN3CCC4(C3)OCc3ccccc34)on2)cnn1C. The molecule has 6 heteroatoms. The van der Waals surface area contributed by atoms with Gasteiger partial charge in [-0.25, -0.2) is 0 Å². The maximum Gasteiger partial charge on any atom is 0.151 e. The number of aryl methyl sites for hydroxylation is 1. The lowest BCUT2D eigenvalue weighted by Gasteiger charge is -2.24. The molecule has 134 valence electrons. The highest BCUT2D eigenvalue weighted by Gasteiger charge is 2.45. The number of rotatable bonds is 3. The molecule has 6 nitrogen and oxygen atoms in total. The first-order valence-corrected chi connectivity index (χ1v) is 9.04. The van der Waals surface area contributed by atoms with Gasteiger partial charge in [-0.15, -0.1) is 0 Å². The Bertz CT molecular complexity index is 960. The summed E-state index contributed by atoms with van der Waals surface area (Å²) in [7, 11) is 1.93. The smallest absolute Gasteiger partial charge is 0.151 e. The molecule has 0 radical (unpaired) electrons. The molecule has 2 aromatic heterocycles. The van der Waals surface area contributed by atoms with Crippen LogP contribution in [0.3, 0.4) is 0 Å². The maximum atomic E-state index is 6.23. The van der Waals surface area contributed by atoms with Crippen molar-refractivity contribution in [1.29, 1.82) is 0 Å². The van der Waals surface area contributed by atoms with E-state index in [0.29, 0.717) is 0 Å². The summed E-state index contributed by atoms with van der Waals surface area (Å²) < 4.78 is 13.7. The van der Waals surface area contributed by atoms with Crippen molar-refractivity contribution >= 4 is 0 Å². The number of nitrogens with zero attached hydrogens (tertiary/aromatic N) is 4. The lowest BCUT2D eigenvalue weighted by molar-refractivity contribution is -0.0302. The molecule has 1 saturated heterocycles. The third-order valence-electron chi connectivity index (χ3n) is 5.77. The molecule has 3 aromatic rings. The van der Waals surface area contributed by atoms with Crippen molar-refractivity contribution in [3.05, 3.63) is 59.1 Å². The Labute approximate surface area is 152 Å². The average molecular weight is 350 g/mol. The van der Waals surface area contributed by atoms with Crippen LogP contribution in [0.2, 0.25) is 0 Å². The number of likely N-dealkylation sites (tertiary alicyclic amines) is 1. The Hall–Kier alpha value is -2.44. The number of benzene rings is 1. The van der Waals surface area contributed by atoms with Gasteiger partial charge in [0.1, 0.15) is 11.3 Å². The highest BCUT2D eigenvalue weighted by molar-refractivity contribution is 5.60. The Kier molecular flexibility index (Phi) is 3.52. The molecule has 5 rings (SSSR count). The highest BCUT2D eigenvalue weighted by Crippen LogP contribution is 2.43. The van der Waals surface area contributed by atoms with Gasteiger partial charge >= 0.3 is 0 Å². The Morgan fingerprint density at radius 3 is 3.00 bits per heavy atom. The van der Waals surface area contributed by atoms with Gasteiger partial charge in [-0.05, 0) is 24.5 Å². The standard InChI is InChI=1S/C20H22N4O2/c1-14-17(10-21-23(14)2)19-9-16(26-22-19)11-24-8-7-20(13-24)18-6-4-3-5-15(18)12-25-20/h3-6,9-10H,7-8,11-13H2,1-2H3. The van der Waals surface area contributed by atoms with Crippen LogP contribution in [0, 0.1) is 6.92 Å². The zero-order chi connectivity index (χ0) is 17.7. The molecule has 26 heavy (non-hydrogen) atoms. The van der Waals surface area contributed by atoms with E-state index in [4.69, 9.17) is 9.26 Å². The van der Waals surface area contributed by atoms with Gasteiger partial charge in [0.2, 0.25) is 0 Å². The molecule has 1 atom stereocenters. The van der Waals surface area contributed by atoms with E-state index in [9.17, 15) is 0 Å². The second-order valence-electron chi connectivity index (χ2n) is 7.35. The molecule has 0 N–H and O–H groups in total. The van der Waals surface area contributed by atoms with Crippen molar-refractivity contribution in [2.24, 2.45) is 7.05 Å². The van der Waals surface area contributed by atoms with E-state index in [-0.39, 0.29) is 5.60 Å². The predicted octanol–water partition coefficient (Wildman–Crippen LogP) is 3.01. The molecule has 1 fully saturated rings. The normalized spacial score (nSPS) is 22.4. The van der Waals surface area contributed by atoms with Crippen LogP contribution in [-0.2, 0) is 30.5 Å². The first-order valence-electron chi connectivity index (χ1n) is 9.04. The average Bonchev–Trinajstić information content (AvgIpc) is 3.41. The topological polar surface area (TPSA) is 56.3 Å². The second kappa shape index (κ2) is 5.79. The number of fused-ring (bicyclic) bond motifs is 2. The van der Waals surface area contributed by atoms with Crippen molar-refractivity contribution < 1.29 is 9.26 Å². The zero-order valence-electron chi connectivity index (χ0n) is 15.1. The molecule has 2 aliphatic heterocycles. The predicted molar refractivity (Wildman–Crippen MR) is 96.2 cm³/mol. The molecule has 2 aliphatic rings. The van der Waals surface area contributed by atoms with Crippen LogP contribution in [-0.4, -0.2) is 32.9 Å². The van der Waals surface area contributed by atoms with Crippen LogP contribution in [0.25, 0.3) is 11.3 Å². The fourth-order valence-electron chi connectivity index (χ4n) is 4.20. The number of hydrogen-bond acceptors (Lipinski definition) is 5. The largest absolute Gasteiger partial charge is 0.364 e. The summed E-state index contributed by atoms with van der Waals surface area (Å²) >= 11 is 0. The fraction of sp³-hybridized carbons (Fsp3) is 0.400. The van der Waals surface area contributed by atoms with Gasteiger partial charge in [-0.1, -0.05) is 29.4 Å². The van der Waals surface area contributed by atoms with Crippen LogP contribution in [0.5, 0.6) is 0 Å². The number of hydrogen-bond donors (Lipinski definition) is 0. The first kappa shape index (κ1) is 15.8. The van der Waals surface area contributed by atoms with Gasteiger partial charge in [0.25, 0.3) is 0 Å². The fourth-order valence-corrected chi connectivity index (χ4v) is 4.20. The van der Waals surface area contributed by atoms with E-state index in [2.05, 4.69) is 39.4 Å². The molecular formula is C20H22N4O2. The van der Waals surface area contributed by atoms with Crippen LogP contribution < -0.4 is 0 Å².